The first-order chi connectivity index (χ1) is 15.4. The molecule has 1 aromatic carbocycles. The van der Waals surface area contributed by atoms with Gasteiger partial charge < -0.3 is 15.3 Å². The van der Waals surface area contributed by atoms with Gasteiger partial charge in [0.05, 0.1) is 23.8 Å². The van der Waals surface area contributed by atoms with Crippen molar-refractivity contribution in [1.29, 1.82) is 0 Å². The van der Waals surface area contributed by atoms with Crippen LogP contribution < -0.4 is 11.0 Å². The molecule has 1 amide bonds. The molecule has 1 fully saturated rings. The third-order valence-electron chi connectivity index (χ3n) is 6.12. The Balaban J connectivity index is 1.40. The van der Waals surface area contributed by atoms with Crippen LogP contribution in [0, 0.1) is 25.6 Å². The van der Waals surface area contributed by atoms with Crippen molar-refractivity contribution in [3.05, 3.63) is 87.2 Å². The number of aromatic nitrogens is 4. The predicted octanol–water partition coefficient (Wildman–Crippen LogP) is 3.74. The number of aryl methyl sites for hydroxylation is 2. The smallest absolute Gasteiger partial charge is 0.325 e. The van der Waals surface area contributed by atoms with E-state index in [1.807, 2.05) is 19.9 Å². The quantitative estimate of drug-likeness (QED) is 0.432. The Morgan fingerprint density at radius 1 is 1.28 bits per heavy atom. The molecule has 8 heteroatoms. The Kier molecular flexibility index (Phi) is 4.92. The summed E-state index contributed by atoms with van der Waals surface area (Å²) in [6, 6.07) is 6.46. The van der Waals surface area contributed by atoms with Crippen molar-refractivity contribution in [1.82, 2.24) is 24.8 Å². The Morgan fingerprint density at radius 3 is 2.75 bits per heavy atom. The molecular weight excluding hydrogens is 409 g/mol. The topological polar surface area (TPSA) is 95.6 Å². The third-order valence-corrected chi connectivity index (χ3v) is 6.12. The lowest BCUT2D eigenvalue weighted by Gasteiger charge is -2.20. The van der Waals surface area contributed by atoms with E-state index >= 15 is 0 Å². The van der Waals surface area contributed by atoms with Crippen molar-refractivity contribution in [3.8, 4) is 0 Å². The van der Waals surface area contributed by atoms with E-state index < -0.39 is 0 Å². The number of hydrogen-bond donors (Lipinski definition) is 3. The first-order valence-corrected chi connectivity index (χ1v) is 10.7. The first kappa shape index (κ1) is 20.2. The summed E-state index contributed by atoms with van der Waals surface area (Å²) in [6.07, 6.45) is 7.10. The van der Waals surface area contributed by atoms with Crippen molar-refractivity contribution in [2.45, 2.75) is 39.3 Å². The Morgan fingerprint density at radius 2 is 2.09 bits per heavy atom. The zero-order chi connectivity index (χ0) is 22.4. The second-order valence-corrected chi connectivity index (χ2v) is 8.56. The van der Waals surface area contributed by atoms with Gasteiger partial charge in [-0.05, 0) is 61.4 Å². The number of carbonyl (C=O) groups is 1. The number of halogens is 1. The van der Waals surface area contributed by atoms with Crippen LogP contribution in [0.3, 0.4) is 0 Å². The number of aromatic amines is 2. The normalized spacial score (nSPS) is 14.6. The fraction of sp³-hybridized carbons (Fsp3) is 0.292. The molecule has 3 aromatic heterocycles. The van der Waals surface area contributed by atoms with E-state index in [1.54, 1.807) is 35.3 Å². The highest BCUT2D eigenvalue weighted by molar-refractivity contribution is 5.99. The van der Waals surface area contributed by atoms with Crippen LogP contribution in [0.4, 0.5) is 4.39 Å². The van der Waals surface area contributed by atoms with Crippen molar-refractivity contribution in [2.24, 2.45) is 5.92 Å². The second kappa shape index (κ2) is 7.78. The van der Waals surface area contributed by atoms with Gasteiger partial charge in [-0.1, -0.05) is 12.1 Å². The van der Waals surface area contributed by atoms with Crippen LogP contribution in [0.25, 0.3) is 10.9 Å². The van der Waals surface area contributed by atoms with Crippen molar-refractivity contribution < 1.29 is 9.18 Å². The maximum absolute atomic E-state index is 14.2. The maximum atomic E-state index is 14.2. The summed E-state index contributed by atoms with van der Waals surface area (Å²) in [4.78, 5) is 35.1. The number of hydrogen-bond acceptors (Lipinski definition) is 3. The van der Waals surface area contributed by atoms with E-state index in [0.29, 0.717) is 29.1 Å². The molecule has 3 N–H and O–H groups in total. The second-order valence-electron chi connectivity index (χ2n) is 8.56. The van der Waals surface area contributed by atoms with Crippen LogP contribution in [0.2, 0.25) is 0 Å². The number of carbonyl (C=O) groups excluding carboxylic acids is 1. The summed E-state index contributed by atoms with van der Waals surface area (Å²) < 4.78 is 15.8. The minimum absolute atomic E-state index is 0.167. The highest BCUT2D eigenvalue weighted by Gasteiger charge is 2.35. The number of rotatable bonds is 6. The average molecular weight is 433 g/mol. The molecule has 1 atom stereocenters. The Labute approximate surface area is 183 Å². The minimum Gasteiger partial charge on any atom is -0.350 e. The van der Waals surface area contributed by atoms with Gasteiger partial charge in [0.25, 0.3) is 5.91 Å². The average Bonchev–Trinajstić information content (AvgIpc) is 3.37. The number of amides is 1. The van der Waals surface area contributed by atoms with Gasteiger partial charge in [-0.15, -0.1) is 0 Å². The highest BCUT2D eigenvalue weighted by Crippen LogP contribution is 2.41. The predicted molar refractivity (Wildman–Crippen MR) is 119 cm³/mol. The van der Waals surface area contributed by atoms with Crippen LogP contribution in [0.15, 0.2) is 47.7 Å². The monoisotopic (exact) mass is 433 g/mol. The van der Waals surface area contributed by atoms with Crippen LogP contribution in [-0.2, 0) is 6.54 Å². The molecule has 1 aliphatic carbocycles. The fourth-order valence-electron chi connectivity index (χ4n) is 4.23. The molecule has 0 saturated heterocycles. The largest absolute Gasteiger partial charge is 0.350 e. The van der Waals surface area contributed by atoms with E-state index in [-0.39, 0.29) is 23.5 Å². The number of nitrogens with one attached hydrogen (secondary N) is 3. The summed E-state index contributed by atoms with van der Waals surface area (Å²) in [5.41, 5.74) is 4.38. The lowest BCUT2D eigenvalue weighted by atomic mass is 10.0. The van der Waals surface area contributed by atoms with Crippen molar-refractivity contribution >= 4 is 16.8 Å². The molecule has 0 bridgehead atoms. The van der Waals surface area contributed by atoms with Gasteiger partial charge in [-0.25, -0.2) is 9.18 Å². The maximum Gasteiger partial charge on any atom is 0.325 e. The molecule has 1 unspecified atom stereocenters. The Bertz CT molecular complexity index is 1340. The van der Waals surface area contributed by atoms with Crippen LogP contribution in [0.5, 0.6) is 0 Å². The Hall–Kier alpha value is -3.68. The number of H-pyrrole nitrogens is 2. The molecule has 32 heavy (non-hydrogen) atoms. The van der Waals surface area contributed by atoms with Crippen LogP contribution >= 0.6 is 0 Å². The van der Waals surface area contributed by atoms with Crippen LogP contribution in [0.1, 0.15) is 51.8 Å². The lowest BCUT2D eigenvalue weighted by molar-refractivity contribution is 0.0926. The summed E-state index contributed by atoms with van der Waals surface area (Å²) in [6.45, 7) is 4.27. The van der Waals surface area contributed by atoms with Gasteiger partial charge in [0.2, 0.25) is 0 Å². The van der Waals surface area contributed by atoms with E-state index in [1.165, 1.54) is 6.07 Å². The highest BCUT2D eigenvalue weighted by atomic mass is 19.1. The van der Waals surface area contributed by atoms with E-state index in [2.05, 4.69) is 20.3 Å². The molecule has 4 aromatic rings. The zero-order valence-corrected chi connectivity index (χ0v) is 17.9. The van der Waals surface area contributed by atoms with E-state index in [9.17, 15) is 14.0 Å². The van der Waals surface area contributed by atoms with Gasteiger partial charge in [0.1, 0.15) is 11.5 Å². The molecule has 5 rings (SSSR count). The molecular formula is C24H24FN5O2. The molecule has 3 heterocycles. The van der Waals surface area contributed by atoms with Gasteiger partial charge in [-0.3, -0.25) is 14.3 Å². The van der Waals surface area contributed by atoms with Crippen molar-refractivity contribution in [2.75, 3.05) is 0 Å². The number of imidazole rings is 1. The molecule has 0 spiro atoms. The summed E-state index contributed by atoms with van der Waals surface area (Å²) in [5.74, 6) is -0.304. The van der Waals surface area contributed by atoms with E-state index in [0.717, 1.165) is 35.2 Å². The molecule has 1 aliphatic rings. The van der Waals surface area contributed by atoms with Gasteiger partial charge in [0.15, 0.2) is 0 Å². The van der Waals surface area contributed by atoms with Crippen molar-refractivity contribution in [3.63, 3.8) is 0 Å². The molecule has 7 nitrogen and oxygen atoms in total. The van der Waals surface area contributed by atoms with Gasteiger partial charge in [0, 0.05) is 24.0 Å². The number of fused-ring (bicyclic) bond motifs is 1. The van der Waals surface area contributed by atoms with E-state index in [4.69, 9.17) is 0 Å². The number of nitrogens with zero attached hydrogens (tertiary/aromatic N) is 2. The first-order valence-electron chi connectivity index (χ1n) is 10.7. The third kappa shape index (κ3) is 3.72. The standard InChI is InChI=1S/C24H24FN5O2/c1-13-3-6-18(25)17-10-19(28-20(13)17)23(31)29-22(16-4-5-16)21-14(2)9-15(11-27-21)12-30-8-7-26-24(30)32/h3,6-11,16,22,28H,4-5,12H2,1-2H3,(H,26,32)(H,29,31). The molecule has 1 saturated carbocycles. The zero-order valence-electron chi connectivity index (χ0n) is 17.9. The molecule has 0 aliphatic heterocycles. The SMILES string of the molecule is Cc1cc(Cn2cc[nH]c2=O)cnc1C(NC(=O)c1cc2c(F)ccc(C)c2[nH]1)C1CC1. The fourth-order valence-corrected chi connectivity index (χ4v) is 4.23. The van der Waals surface area contributed by atoms with Gasteiger partial charge >= 0.3 is 5.69 Å². The summed E-state index contributed by atoms with van der Waals surface area (Å²) >= 11 is 0. The molecule has 164 valence electrons. The minimum atomic E-state index is -0.353. The van der Waals surface area contributed by atoms with Crippen LogP contribution in [-0.4, -0.2) is 25.4 Å². The van der Waals surface area contributed by atoms with Gasteiger partial charge in [-0.2, -0.15) is 0 Å². The summed E-state index contributed by atoms with van der Waals surface area (Å²) in [7, 11) is 0. The number of pyridine rings is 1. The number of benzene rings is 1. The lowest BCUT2D eigenvalue weighted by Crippen LogP contribution is -2.31. The summed E-state index contributed by atoms with van der Waals surface area (Å²) in [5, 5.41) is 3.52. The molecule has 0 radical (unpaired) electrons.